The number of fused-ring (bicyclic) bond motifs is 2. The fourth-order valence-electron chi connectivity index (χ4n) is 2.80. The standard InChI is InChI=1S/C15H14N2OS3/c1-19-11-6-9(7-12-10(11)2-5-20-12)14-13(8-18)21-15-16-3-4-17(14)15/h2,5-7,18H,3-4,8H2,1H3. The molecule has 0 unspecified atom stereocenters. The second-order valence-electron chi connectivity index (χ2n) is 4.86. The Labute approximate surface area is 135 Å². The first-order valence-corrected chi connectivity index (χ1v) is 9.63. The van der Waals surface area contributed by atoms with E-state index in [9.17, 15) is 5.11 Å². The molecule has 108 valence electrons. The molecule has 1 aromatic carbocycles. The zero-order valence-corrected chi connectivity index (χ0v) is 13.9. The number of aliphatic hydroxyl groups is 1. The van der Waals surface area contributed by atoms with Crippen LogP contribution in [-0.2, 0) is 0 Å². The Morgan fingerprint density at radius 3 is 3.14 bits per heavy atom. The predicted molar refractivity (Wildman–Crippen MR) is 94.2 cm³/mol. The topological polar surface area (TPSA) is 35.8 Å². The van der Waals surface area contributed by atoms with Gasteiger partial charge in [-0.15, -0.1) is 23.1 Å². The van der Waals surface area contributed by atoms with E-state index in [-0.39, 0.29) is 6.61 Å². The third-order valence-electron chi connectivity index (χ3n) is 3.72. The van der Waals surface area contributed by atoms with E-state index in [1.54, 1.807) is 34.9 Å². The smallest absolute Gasteiger partial charge is 0.168 e. The van der Waals surface area contributed by atoms with Crippen LogP contribution in [0.25, 0.3) is 15.8 Å². The average Bonchev–Trinajstić information content (AvgIpc) is 3.19. The van der Waals surface area contributed by atoms with Gasteiger partial charge in [-0.3, -0.25) is 4.99 Å². The molecule has 0 amide bonds. The van der Waals surface area contributed by atoms with Crippen molar-refractivity contribution in [1.29, 1.82) is 0 Å². The van der Waals surface area contributed by atoms with E-state index in [2.05, 4.69) is 39.7 Å². The van der Waals surface area contributed by atoms with E-state index in [4.69, 9.17) is 0 Å². The molecule has 0 saturated heterocycles. The monoisotopic (exact) mass is 334 g/mol. The van der Waals surface area contributed by atoms with Crippen molar-refractivity contribution in [1.82, 2.24) is 4.90 Å². The summed E-state index contributed by atoms with van der Waals surface area (Å²) < 4.78 is 1.30. The molecule has 1 aromatic heterocycles. The number of hydrogen-bond donors (Lipinski definition) is 1. The highest BCUT2D eigenvalue weighted by Crippen LogP contribution is 2.43. The van der Waals surface area contributed by atoms with Crippen molar-refractivity contribution in [2.75, 3.05) is 26.0 Å². The van der Waals surface area contributed by atoms with Crippen molar-refractivity contribution in [2.45, 2.75) is 4.90 Å². The Morgan fingerprint density at radius 1 is 1.43 bits per heavy atom. The zero-order chi connectivity index (χ0) is 14.4. The number of benzene rings is 1. The summed E-state index contributed by atoms with van der Waals surface area (Å²) in [6, 6.07) is 6.67. The van der Waals surface area contributed by atoms with Crippen molar-refractivity contribution < 1.29 is 5.11 Å². The van der Waals surface area contributed by atoms with Gasteiger partial charge in [0.15, 0.2) is 5.17 Å². The molecule has 2 aliphatic rings. The predicted octanol–water partition coefficient (Wildman–Crippen LogP) is 3.70. The first-order chi connectivity index (χ1) is 10.3. The molecule has 4 rings (SSSR count). The van der Waals surface area contributed by atoms with Gasteiger partial charge >= 0.3 is 0 Å². The summed E-state index contributed by atoms with van der Waals surface area (Å²) in [6.07, 6.45) is 2.11. The Kier molecular flexibility index (Phi) is 3.49. The van der Waals surface area contributed by atoms with Crippen molar-refractivity contribution in [2.24, 2.45) is 4.99 Å². The molecule has 0 atom stereocenters. The third kappa shape index (κ3) is 2.12. The minimum Gasteiger partial charge on any atom is -0.391 e. The van der Waals surface area contributed by atoms with Gasteiger partial charge in [-0.2, -0.15) is 0 Å². The lowest BCUT2D eigenvalue weighted by molar-refractivity contribution is 0.339. The zero-order valence-electron chi connectivity index (χ0n) is 11.5. The van der Waals surface area contributed by atoms with Crippen LogP contribution in [0.3, 0.4) is 0 Å². The summed E-state index contributed by atoms with van der Waals surface area (Å²) >= 11 is 5.15. The molecule has 2 aliphatic heterocycles. The van der Waals surface area contributed by atoms with Gasteiger partial charge in [0.25, 0.3) is 0 Å². The molecule has 0 radical (unpaired) electrons. The highest BCUT2D eigenvalue weighted by Gasteiger charge is 2.32. The van der Waals surface area contributed by atoms with Crippen LogP contribution in [0.1, 0.15) is 5.56 Å². The molecule has 0 spiro atoms. The second kappa shape index (κ2) is 5.35. The SMILES string of the molecule is CSc1cc(C2=C(CO)SC3=NCCN32)cc2sccc12. The minimum absolute atomic E-state index is 0.0760. The molecule has 1 N–H and O–H groups in total. The van der Waals surface area contributed by atoms with Crippen LogP contribution in [0.4, 0.5) is 0 Å². The molecule has 3 heterocycles. The van der Waals surface area contributed by atoms with E-state index < -0.39 is 0 Å². The number of hydrogen-bond acceptors (Lipinski definition) is 6. The number of thioether (sulfide) groups is 2. The number of aliphatic imine (C=N–C) groups is 1. The van der Waals surface area contributed by atoms with Crippen LogP contribution in [0.5, 0.6) is 0 Å². The van der Waals surface area contributed by atoms with Crippen molar-refractivity contribution in [3.63, 3.8) is 0 Å². The Morgan fingerprint density at radius 2 is 2.33 bits per heavy atom. The molecular weight excluding hydrogens is 320 g/mol. The van der Waals surface area contributed by atoms with Crippen molar-refractivity contribution in [3.05, 3.63) is 34.0 Å². The highest BCUT2D eigenvalue weighted by atomic mass is 32.2. The Bertz CT molecular complexity index is 778. The first kappa shape index (κ1) is 13.7. The van der Waals surface area contributed by atoms with Crippen molar-refractivity contribution >= 4 is 55.8 Å². The maximum Gasteiger partial charge on any atom is 0.168 e. The Hall–Kier alpha value is -0.950. The number of rotatable bonds is 3. The van der Waals surface area contributed by atoms with Gasteiger partial charge in [0.05, 0.1) is 18.8 Å². The van der Waals surface area contributed by atoms with Gasteiger partial charge in [0.1, 0.15) is 0 Å². The van der Waals surface area contributed by atoms with Crippen LogP contribution in [0, 0.1) is 0 Å². The molecule has 0 aliphatic carbocycles. The molecular formula is C15H14N2OS3. The summed E-state index contributed by atoms with van der Waals surface area (Å²) in [4.78, 5) is 9.07. The van der Waals surface area contributed by atoms with E-state index >= 15 is 0 Å². The highest BCUT2D eigenvalue weighted by molar-refractivity contribution is 8.17. The summed E-state index contributed by atoms with van der Waals surface area (Å²) in [5.74, 6) is 0. The molecule has 0 fully saturated rings. The maximum absolute atomic E-state index is 9.69. The van der Waals surface area contributed by atoms with Crippen LogP contribution in [-0.4, -0.2) is 41.1 Å². The maximum atomic E-state index is 9.69. The molecule has 6 heteroatoms. The molecule has 21 heavy (non-hydrogen) atoms. The fraction of sp³-hybridized carbons (Fsp3) is 0.267. The first-order valence-electron chi connectivity index (χ1n) is 6.71. The molecule has 0 saturated carbocycles. The largest absolute Gasteiger partial charge is 0.391 e. The van der Waals surface area contributed by atoms with Crippen LogP contribution >= 0.6 is 34.9 Å². The molecule has 2 aromatic rings. The van der Waals surface area contributed by atoms with Crippen LogP contribution < -0.4 is 0 Å². The van der Waals surface area contributed by atoms with Gasteiger partial charge in [-0.05, 0) is 29.8 Å². The van der Waals surface area contributed by atoms with E-state index in [0.29, 0.717) is 0 Å². The van der Waals surface area contributed by atoms with E-state index in [1.165, 1.54) is 20.5 Å². The van der Waals surface area contributed by atoms with Gasteiger partial charge < -0.3 is 10.0 Å². The number of aliphatic hydroxyl groups excluding tert-OH is 1. The van der Waals surface area contributed by atoms with Gasteiger partial charge in [0, 0.05) is 32.0 Å². The normalized spacial score (nSPS) is 17.8. The van der Waals surface area contributed by atoms with Crippen LogP contribution in [0.15, 0.2) is 38.4 Å². The van der Waals surface area contributed by atoms with E-state index in [1.807, 2.05) is 0 Å². The lowest BCUT2D eigenvalue weighted by Gasteiger charge is -2.18. The van der Waals surface area contributed by atoms with Crippen LogP contribution in [0.2, 0.25) is 0 Å². The third-order valence-corrected chi connectivity index (χ3v) is 6.46. The number of amidine groups is 1. The Balaban J connectivity index is 1.90. The van der Waals surface area contributed by atoms with Gasteiger partial charge in [0.2, 0.25) is 0 Å². The summed E-state index contributed by atoms with van der Waals surface area (Å²) in [6.45, 7) is 1.84. The minimum atomic E-state index is 0.0760. The lowest BCUT2D eigenvalue weighted by atomic mass is 10.1. The summed E-state index contributed by atoms with van der Waals surface area (Å²) in [7, 11) is 0. The number of thiophene rings is 1. The second-order valence-corrected chi connectivity index (χ2v) is 7.72. The summed E-state index contributed by atoms with van der Waals surface area (Å²) in [5.41, 5.74) is 2.34. The fourth-order valence-corrected chi connectivity index (χ4v) is 5.41. The number of nitrogens with zero attached hydrogens (tertiary/aromatic N) is 2. The lowest BCUT2D eigenvalue weighted by Crippen LogP contribution is -2.20. The van der Waals surface area contributed by atoms with Gasteiger partial charge in [-0.25, -0.2) is 0 Å². The van der Waals surface area contributed by atoms with E-state index in [0.717, 1.165) is 28.9 Å². The molecule has 3 nitrogen and oxygen atoms in total. The van der Waals surface area contributed by atoms with Gasteiger partial charge in [-0.1, -0.05) is 11.8 Å². The van der Waals surface area contributed by atoms with Crippen molar-refractivity contribution in [3.8, 4) is 0 Å². The average molecular weight is 334 g/mol. The summed E-state index contributed by atoms with van der Waals surface area (Å²) in [5, 5.41) is 14.2. The molecule has 0 bridgehead atoms. The quantitative estimate of drug-likeness (QED) is 0.868.